The van der Waals surface area contributed by atoms with Crippen molar-refractivity contribution >= 4 is 18.3 Å². The highest BCUT2D eigenvalue weighted by Crippen LogP contribution is 2.42. The minimum absolute atomic E-state index is 0. The molecule has 1 aliphatic heterocycles. The van der Waals surface area contributed by atoms with E-state index >= 15 is 0 Å². The normalized spacial score (nSPS) is 22.4. The van der Waals surface area contributed by atoms with Gasteiger partial charge in [0.2, 0.25) is 0 Å². The van der Waals surface area contributed by atoms with Crippen LogP contribution in [-0.4, -0.2) is 46.5 Å². The standard InChI is InChI=1S/C18H22N4O2.ClH/c23-16-11-19-8-13(16)9-20-18(24)15-10-21-22(17(15)12-6-7-12)14-4-2-1-3-5-14;/h1-5,10,12-13,16,19,23H,6-9,11H2,(H,20,24);1H. The Morgan fingerprint density at radius 1 is 1.28 bits per heavy atom. The Kier molecular flexibility index (Phi) is 5.42. The number of amides is 1. The van der Waals surface area contributed by atoms with Gasteiger partial charge in [0.05, 0.1) is 29.2 Å². The average Bonchev–Trinajstić information content (AvgIpc) is 3.21. The molecule has 2 heterocycles. The van der Waals surface area contributed by atoms with Crippen molar-refractivity contribution < 1.29 is 9.90 Å². The van der Waals surface area contributed by atoms with E-state index in [2.05, 4.69) is 15.7 Å². The first-order valence-corrected chi connectivity index (χ1v) is 8.54. The first-order chi connectivity index (χ1) is 11.7. The number of hydrogen-bond donors (Lipinski definition) is 3. The monoisotopic (exact) mass is 362 g/mol. The highest BCUT2D eigenvalue weighted by Gasteiger charge is 2.33. The van der Waals surface area contributed by atoms with Crippen LogP contribution in [0.4, 0.5) is 0 Å². The van der Waals surface area contributed by atoms with Gasteiger partial charge in [-0.1, -0.05) is 18.2 Å². The molecule has 6 nitrogen and oxygen atoms in total. The number of hydrogen-bond acceptors (Lipinski definition) is 4. The van der Waals surface area contributed by atoms with Crippen molar-refractivity contribution in [2.24, 2.45) is 5.92 Å². The topological polar surface area (TPSA) is 79.2 Å². The van der Waals surface area contributed by atoms with Gasteiger partial charge in [-0.2, -0.15) is 5.10 Å². The molecule has 2 atom stereocenters. The van der Waals surface area contributed by atoms with Crippen LogP contribution in [0, 0.1) is 5.92 Å². The van der Waals surface area contributed by atoms with Gasteiger partial charge in [0.1, 0.15) is 0 Å². The lowest BCUT2D eigenvalue weighted by atomic mass is 10.1. The van der Waals surface area contributed by atoms with E-state index in [0.717, 1.165) is 30.8 Å². The molecule has 1 aromatic heterocycles. The number of nitrogens with one attached hydrogen (secondary N) is 2. The zero-order chi connectivity index (χ0) is 16.5. The second-order valence-corrected chi connectivity index (χ2v) is 6.66. The Balaban J connectivity index is 0.00000182. The number of aromatic nitrogens is 2. The van der Waals surface area contributed by atoms with E-state index in [9.17, 15) is 9.90 Å². The fourth-order valence-corrected chi connectivity index (χ4v) is 3.30. The second-order valence-electron chi connectivity index (χ2n) is 6.66. The maximum Gasteiger partial charge on any atom is 0.254 e. The molecule has 4 rings (SSSR count). The van der Waals surface area contributed by atoms with Crippen LogP contribution in [0.25, 0.3) is 5.69 Å². The zero-order valence-electron chi connectivity index (χ0n) is 13.9. The van der Waals surface area contributed by atoms with E-state index in [1.54, 1.807) is 6.20 Å². The first kappa shape index (κ1) is 17.9. The molecule has 2 aromatic rings. The molecule has 3 N–H and O–H groups in total. The Morgan fingerprint density at radius 2 is 2.04 bits per heavy atom. The van der Waals surface area contributed by atoms with Crippen LogP contribution in [0.3, 0.4) is 0 Å². The molecular weight excluding hydrogens is 340 g/mol. The molecule has 2 aliphatic rings. The lowest BCUT2D eigenvalue weighted by Gasteiger charge is -2.14. The molecule has 0 bridgehead atoms. The molecule has 0 spiro atoms. The van der Waals surface area contributed by atoms with Crippen molar-refractivity contribution in [1.29, 1.82) is 0 Å². The molecule has 1 saturated heterocycles. The SMILES string of the molecule is Cl.O=C(NCC1CNCC1O)c1cnn(-c2ccccc2)c1C1CC1. The molecule has 134 valence electrons. The molecular formula is C18H23ClN4O2. The summed E-state index contributed by atoms with van der Waals surface area (Å²) in [5.74, 6) is 0.382. The van der Waals surface area contributed by atoms with Gasteiger partial charge in [0.15, 0.2) is 0 Å². The summed E-state index contributed by atoms with van der Waals surface area (Å²) in [6, 6.07) is 9.92. The maximum atomic E-state index is 12.6. The maximum absolute atomic E-state index is 12.6. The van der Waals surface area contributed by atoms with Crippen LogP contribution in [0.2, 0.25) is 0 Å². The van der Waals surface area contributed by atoms with Gasteiger partial charge in [0, 0.05) is 31.5 Å². The van der Waals surface area contributed by atoms with Gasteiger partial charge in [0.25, 0.3) is 5.91 Å². The number of β-amino-alcohol motifs (C(OH)–C–C–N with tert-alkyl or cyclic N) is 1. The molecule has 1 saturated carbocycles. The summed E-state index contributed by atoms with van der Waals surface area (Å²) in [6.07, 6.45) is 3.48. The number of aliphatic hydroxyl groups is 1. The van der Waals surface area contributed by atoms with Gasteiger partial charge in [-0.25, -0.2) is 4.68 Å². The zero-order valence-corrected chi connectivity index (χ0v) is 14.7. The summed E-state index contributed by atoms with van der Waals surface area (Å²) in [5, 5.41) is 20.4. The third-order valence-electron chi connectivity index (χ3n) is 4.84. The number of aliphatic hydroxyl groups excluding tert-OH is 1. The molecule has 2 unspecified atom stereocenters. The summed E-state index contributed by atoms with van der Waals surface area (Å²) in [4.78, 5) is 12.6. The van der Waals surface area contributed by atoms with Crippen molar-refractivity contribution in [3.63, 3.8) is 0 Å². The van der Waals surface area contributed by atoms with Gasteiger partial charge in [-0.05, 0) is 25.0 Å². The molecule has 2 fully saturated rings. The summed E-state index contributed by atoms with van der Waals surface area (Å²) in [5.41, 5.74) is 2.64. The third kappa shape index (κ3) is 3.71. The van der Waals surface area contributed by atoms with E-state index in [0.29, 0.717) is 24.6 Å². The number of halogens is 1. The fraction of sp³-hybridized carbons (Fsp3) is 0.444. The summed E-state index contributed by atoms with van der Waals surface area (Å²) in [7, 11) is 0. The Hall–Kier alpha value is -1.89. The van der Waals surface area contributed by atoms with Gasteiger partial charge < -0.3 is 15.7 Å². The summed E-state index contributed by atoms with van der Waals surface area (Å²) < 4.78 is 1.89. The third-order valence-corrected chi connectivity index (χ3v) is 4.84. The highest BCUT2D eigenvalue weighted by atomic mass is 35.5. The molecule has 1 aromatic carbocycles. The van der Waals surface area contributed by atoms with E-state index in [1.165, 1.54) is 0 Å². The Bertz CT molecular complexity index is 730. The largest absolute Gasteiger partial charge is 0.391 e. The fourth-order valence-electron chi connectivity index (χ4n) is 3.30. The predicted molar refractivity (Wildman–Crippen MR) is 97.5 cm³/mol. The van der Waals surface area contributed by atoms with Crippen molar-refractivity contribution in [1.82, 2.24) is 20.4 Å². The van der Waals surface area contributed by atoms with Crippen LogP contribution in [0.5, 0.6) is 0 Å². The van der Waals surface area contributed by atoms with Crippen molar-refractivity contribution in [3.8, 4) is 5.69 Å². The van der Waals surface area contributed by atoms with E-state index in [1.807, 2.05) is 35.0 Å². The number of benzene rings is 1. The molecule has 0 radical (unpaired) electrons. The summed E-state index contributed by atoms with van der Waals surface area (Å²) >= 11 is 0. The smallest absolute Gasteiger partial charge is 0.254 e. The molecule has 7 heteroatoms. The van der Waals surface area contributed by atoms with Crippen LogP contribution in [0.15, 0.2) is 36.5 Å². The van der Waals surface area contributed by atoms with Gasteiger partial charge >= 0.3 is 0 Å². The van der Waals surface area contributed by atoms with E-state index in [-0.39, 0.29) is 30.3 Å². The number of carbonyl (C=O) groups excluding carboxylic acids is 1. The van der Waals surface area contributed by atoms with Gasteiger partial charge in [-0.3, -0.25) is 4.79 Å². The van der Waals surface area contributed by atoms with E-state index in [4.69, 9.17) is 0 Å². The van der Waals surface area contributed by atoms with Crippen LogP contribution in [0.1, 0.15) is 34.8 Å². The number of para-hydroxylation sites is 1. The predicted octanol–water partition coefficient (Wildman–Crippen LogP) is 1.48. The minimum atomic E-state index is -0.389. The lowest BCUT2D eigenvalue weighted by molar-refractivity contribution is 0.0926. The van der Waals surface area contributed by atoms with Crippen LogP contribution in [-0.2, 0) is 0 Å². The number of nitrogens with zero attached hydrogens (tertiary/aromatic N) is 2. The van der Waals surface area contributed by atoms with Gasteiger partial charge in [-0.15, -0.1) is 12.4 Å². The van der Waals surface area contributed by atoms with Crippen LogP contribution >= 0.6 is 12.4 Å². The average molecular weight is 363 g/mol. The molecule has 1 amide bonds. The second kappa shape index (κ2) is 7.56. The van der Waals surface area contributed by atoms with Crippen molar-refractivity contribution in [2.45, 2.75) is 24.9 Å². The lowest BCUT2D eigenvalue weighted by Crippen LogP contribution is -2.34. The minimum Gasteiger partial charge on any atom is -0.391 e. The summed E-state index contributed by atoms with van der Waals surface area (Å²) in [6.45, 7) is 1.81. The molecule has 25 heavy (non-hydrogen) atoms. The first-order valence-electron chi connectivity index (χ1n) is 8.54. The van der Waals surface area contributed by atoms with Crippen LogP contribution < -0.4 is 10.6 Å². The van der Waals surface area contributed by atoms with Crippen molar-refractivity contribution in [3.05, 3.63) is 47.8 Å². The molecule has 1 aliphatic carbocycles. The van der Waals surface area contributed by atoms with E-state index < -0.39 is 0 Å². The Labute approximate surface area is 153 Å². The Morgan fingerprint density at radius 3 is 2.68 bits per heavy atom. The number of carbonyl (C=O) groups is 1. The van der Waals surface area contributed by atoms with Crippen molar-refractivity contribution in [2.75, 3.05) is 19.6 Å². The number of rotatable bonds is 5. The quantitative estimate of drug-likeness (QED) is 0.752. The highest BCUT2D eigenvalue weighted by molar-refractivity contribution is 5.95.